The Bertz CT molecular complexity index is 924. The number of methoxy groups -OCH3 is 1. The first-order valence-electron chi connectivity index (χ1n) is 11.4. The van der Waals surface area contributed by atoms with Crippen LogP contribution in [0.4, 0.5) is 5.82 Å². The molecule has 0 unspecified atom stereocenters. The van der Waals surface area contributed by atoms with E-state index >= 15 is 0 Å². The molecule has 6 nitrogen and oxygen atoms in total. The lowest BCUT2D eigenvalue weighted by molar-refractivity contribution is -0.134. The molecule has 0 radical (unpaired) electrons. The number of halogens is 1. The number of anilines is 1. The fourth-order valence-electron chi connectivity index (χ4n) is 4.08. The van der Waals surface area contributed by atoms with E-state index < -0.39 is 0 Å². The van der Waals surface area contributed by atoms with Crippen LogP contribution < -0.4 is 4.90 Å². The van der Waals surface area contributed by atoms with Gasteiger partial charge in [-0.15, -0.1) is 0 Å². The fourth-order valence-corrected chi connectivity index (χ4v) is 4.29. The van der Waals surface area contributed by atoms with Gasteiger partial charge >= 0.3 is 0 Å². The number of hydrogen-bond donors (Lipinski definition) is 0. The Labute approximate surface area is 196 Å². The second-order valence-corrected chi connectivity index (χ2v) is 9.63. The molecule has 2 heterocycles. The minimum absolute atomic E-state index is 0.0185. The zero-order valence-corrected chi connectivity index (χ0v) is 20.7. The maximum atomic E-state index is 12.4. The molecule has 0 aliphatic carbocycles. The van der Waals surface area contributed by atoms with E-state index in [1.165, 1.54) is 0 Å². The average Bonchev–Trinajstić information content (AvgIpc) is 2.74. The largest absolute Gasteiger partial charge is 0.378 e. The van der Waals surface area contributed by atoms with Gasteiger partial charge in [0.15, 0.2) is 0 Å². The molecule has 1 aliphatic heterocycles. The first kappa shape index (κ1) is 24.5. The molecular weight excluding hydrogens is 424 g/mol. The molecule has 1 aromatic heterocycles. The van der Waals surface area contributed by atoms with E-state index in [4.69, 9.17) is 26.3 Å². The third kappa shape index (κ3) is 6.20. The summed E-state index contributed by atoms with van der Waals surface area (Å²) in [5.41, 5.74) is 3.11. The Kier molecular flexibility index (Phi) is 8.49. The maximum Gasteiger partial charge on any atom is 0.225 e. The van der Waals surface area contributed by atoms with Gasteiger partial charge in [0, 0.05) is 62.6 Å². The second kappa shape index (κ2) is 11.1. The maximum absolute atomic E-state index is 12.4. The molecule has 1 saturated heterocycles. The summed E-state index contributed by atoms with van der Waals surface area (Å²) in [4.78, 5) is 26.6. The molecule has 1 fully saturated rings. The van der Waals surface area contributed by atoms with Crippen molar-refractivity contribution in [2.75, 3.05) is 38.2 Å². The van der Waals surface area contributed by atoms with Crippen LogP contribution in [0.15, 0.2) is 24.3 Å². The van der Waals surface area contributed by atoms with Crippen molar-refractivity contribution >= 4 is 23.3 Å². The molecule has 2 aromatic rings. The van der Waals surface area contributed by atoms with Gasteiger partial charge in [0.1, 0.15) is 11.6 Å². The van der Waals surface area contributed by atoms with Crippen molar-refractivity contribution in [1.82, 2.24) is 14.9 Å². The van der Waals surface area contributed by atoms with Crippen LogP contribution in [-0.2, 0) is 29.0 Å². The Morgan fingerprint density at radius 2 is 1.84 bits per heavy atom. The Morgan fingerprint density at radius 3 is 2.44 bits per heavy atom. The van der Waals surface area contributed by atoms with E-state index in [1.54, 1.807) is 7.11 Å². The summed E-state index contributed by atoms with van der Waals surface area (Å²) < 4.78 is 5.52. The van der Waals surface area contributed by atoms with Crippen LogP contribution in [0.3, 0.4) is 0 Å². The van der Waals surface area contributed by atoms with Gasteiger partial charge in [-0.3, -0.25) is 4.79 Å². The van der Waals surface area contributed by atoms with Gasteiger partial charge in [0.2, 0.25) is 5.91 Å². The first-order valence-corrected chi connectivity index (χ1v) is 11.8. The molecule has 174 valence electrons. The quantitative estimate of drug-likeness (QED) is 0.587. The lowest BCUT2D eigenvalue weighted by Crippen LogP contribution is -2.50. The predicted molar refractivity (Wildman–Crippen MR) is 129 cm³/mol. The predicted octanol–water partition coefficient (Wildman–Crippen LogP) is 4.37. The highest BCUT2D eigenvalue weighted by Crippen LogP contribution is 2.28. The molecular formula is C25H35ClN4O2. The summed E-state index contributed by atoms with van der Waals surface area (Å²) >= 11 is 6.25. The number of piperazine rings is 1. The first-order chi connectivity index (χ1) is 15.3. The van der Waals surface area contributed by atoms with Crippen molar-refractivity contribution in [2.45, 2.75) is 47.1 Å². The summed E-state index contributed by atoms with van der Waals surface area (Å²) in [6, 6.07) is 7.92. The molecule has 3 rings (SSSR count). The van der Waals surface area contributed by atoms with Gasteiger partial charge in [-0.05, 0) is 23.6 Å². The molecule has 0 saturated carbocycles. The standard InChI is InChI=1S/C25H35ClN4O2/c1-17(2)13-23-27-22(16-32-5)21(15-19-7-6-8-20(26)14-19)24(28-23)29-9-11-30(12-10-29)25(31)18(3)4/h6-8,14,17-18H,9-13,15-16H2,1-5H3. The minimum atomic E-state index is 0.0185. The van der Waals surface area contributed by atoms with Crippen LogP contribution in [0.2, 0.25) is 5.02 Å². The number of amides is 1. The fraction of sp³-hybridized carbons (Fsp3) is 0.560. The van der Waals surface area contributed by atoms with Crippen LogP contribution in [0.25, 0.3) is 0 Å². The van der Waals surface area contributed by atoms with Crippen LogP contribution in [-0.4, -0.2) is 54.1 Å². The Balaban J connectivity index is 1.97. The Hall–Kier alpha value is -2.18. The summed E-state index contributed by atoms with van der Waals surface area (Å²) in [5, 5.41) is 0.718. The summed E-state index contributed by atoms with van der Waals surface area (Å²) in [7, 11) is 1.70. The van der Waals surface area contributed by atoms with E-state index in [2.05, 4.69) is 24.8 Å². The molecule has 0 atom stereocenters. The highest BCUT2D eigenvalue weighted by molar-refractivity contribution is 6.30. The van der Waals surface area contributed by atoms with Crippen molar-refractivity contribution in [3.05, 3.63) is 51.9 Å². The molecule has 0 N–H and O–H groups in total. The lowest BCUT2D eigenvalue weighted by Gasteiger charge is -2.37. The number of ether oxygens (including phenoxy) is 1. The van der Waals surface area contributed by atoms with Gasteiger partial charge < -0.3 is 14.5 Å². The molecule has 0 bridgehead atoms. The molecule has 1 aromatic carbocycles. The zero-order chi connectivity index (χ0) is 23.3. The molecule has 1 amide bonds. The van der Waals surface area contributed by atoms with E-state index in [9.17, 15) is 4.79 Å². The Morgan fingerprint density at radius 1 is 1.12 bits per heavy atom. The highest BCUT2D eigenvalue weighted by atomic mass is 35.5. The van der Waals surface area contributed by atoms with Gasteiger partial charge in [-0.25, -0.2) is 9.97 Å². The van der Waals surface area contributed by atoms with E-state index in [-0.39, 0.29) is 11.8 Å². The summed E-state index contributed by atoms with van der Waals surface area (Å²) in [6.45, 7) is 11.6. The third-order valence-corrected chi connectivity index (χ3v) is 5.88. The number of aromatic nitrogens is 2. The second-order valence-electron chi connectivity index (χ2n) is 9.19. The van der Waals surface area contributed by atoms with Crippen LogP contribution in [0, 0.1) is 11.8 Å². The van der Waals surface area contributed by atoms with Crippen LogP contribution in [0.1, 0.15) is 50.3 Å². The average molecular weight is 459 g/mol. The smallest absolute Gasteiger partial charge is 0.225 e. The lowest BCUT2D eigenvalue weighted by atomic mass is 10.0. The van der Waals surface area contributed by atoms with E-state index in [1.807, 2.05) is 36.9 Å². The third-order valence-electron chi connectivity index (χ3n) is 5.64. The number of nitrogens with zero attached hydrogens (tertiary/aromatic N) is 4. The van der Waals surface area contributed by atoms with Crippen molar-refractivity contribution < 1.29 is 9.53 Å². The van der Waals surface area contributed by atoms with Gasteiger partial charge in [-0.1, -0.05) is 51.4 Å². The molecule has 7 heteroatoms. The van der Waals surface area contributed by atoms with E-state index in [0.29, 0.717) is 32.0 Å². The number of carbonyl (C=O) groups is 1. The van der Waals surface area contributed by atoms with Crippen molar-refractivity contribution in [1.29, 1.82) is 0 Å². The van der Waals surface area contributed by atoms with Gasteiger partial charge in [0.05, 0.1) is 12.3 Å². The SMILES string of the molecule is COCc1nc(CC(C)C)nc(N2CCN(C(=O)C(C)C)CC2)c1Cc1cccc(Cl)c1. The van der Waals surface area contributed by atoms with Crippen molar-refractivity contribution in [3.63, 3.8) is 0 Å². The van der Waals surface area contributed by atoms with Crippen LogP contribution >= 0.6 is 11.6 Å². The number of hydrogen-bond acceptors (Lipinski definition) is 5. The summed E-state index contributed by atoms with van der Waals surface area (Å²) in [5.74, 6) is 2.49. The van der Waals surface area contributed by atoms with Crippen molar-refractivity contribution in [3.8, 4) is 0 Å². The number of rotatable bonds is 8. The summed E-state index contributed by atoms with van der Waals surface area (Å²) in [6.07, 6.45) is 1.49. The molecule has 0 spiro atoms. The highest BCUT2D eigenvalue weighted by Gasteiger charge is 2.27. The zero-order valence-electron chi connectivity index (χ0n) is 19.9. The van der Waals surface area contributed by atoms with E-state index in [0.717, 1.165) is 53.0 Å². The normalized spacial score (nSPS) is 14.5. The van der Waals surface area contributed by atoms with Gasteiger partial charge in [0.25, 0.3) is 0 Å². The van der Waals surface area contributed by atoms with Gasteiger partial charge in [-0.2, -0.15) is 0 Å². The number of carbonyl (C=O) groups excluding carboxylic acids is 1. The van der Waals surface area contributed by atoms with Crippen LogP contribution in [0.5, 0.6) is 0 Å². The monoisotopic (exact) mass is 458 g/mol. The van der Waals surface area contributed by atoms with Crippen molar-refractivity contribution in [2.24, 2.45) is 11.8 Å². The minimum Gasteiger partial charge on any atom is -0.378 e. The molecule has 32 heavy (non-hydrogen) atoms. The number of benzene rings is 1. The molecule has 1 aliphatic rings. The topological polar surface area (TPSA) is 58.6 Å².